The summed E-state index contributed by atoms with van der Waals surface area (Å²) in [6, 6.07) is 5.79. The molecular weight excluding hydrogens is 344 g/mol. The van der Waals surface area contributed by atoms with Crippen LogP contribution in [0.3, 0.4) is 0 Å². The van der Waals surface area contributed by atoms with E-state index in [1.54, 1.807) is 14.2 Å². The molecule has 0 aliphatic carbocycles. The third-order valence-corrected chi connectivity index (χ3v) is 4.92. The average molecular weight is 372 g/mol. The Hall–Kier alpha value is -2.70. The number of amides is 2. The summed E-state index contributed by atoms with van der Waals surface area (Å²) in [6.07, 6.45) is 6.61. The van der Waals surface area contributed by atoms with Crippen LogP contribution in [0.1, 0.15) is 36.4 Å². The molecule has 2 aromatic rings. The highest BCUT2D eigenvalue weighted by molar-refractivity contribution is 5.75. The molecular formula is C20H28N4O3. The van der Waals surface area contributed by atoms with E-state index >= 15 is 0 Å². The van der Waals surface area contributed by atoms with Gasteiger partial charge in [0, 0.05) is 37.5 Å². The Morgan fingerprint density at radius 2 is 2.19 bits per heavy atom. The first kappa shape index (κ1) is 19.1. The number of urea groups is 1. The number of nitrogens with zero attached hydrogens (tertiary/aromatic N) is 3. The molecule has 146 valence electrons. The van der Waals surface area contributed by atoms with Gasteiger partial charge in [-0.15, -0.1) is 0 Å². The van der Waals surface area contributed by atoms with Crippen molar-refractivity contribution in [1.82, 2.24) is 20.0 Å². The quantitative estimate of drug-likeness (QED) is 0.758. The second-order valence-electron chi connectivity index (χ2n) is 6.83. The lowest BCUT2D eigenvalue weighted by atomic mass is 10.0. The largest absolute Gasteiger partial charge is 0.497 e. The third kappa shape index (κ3) is 4.53. The van der Waals surface area contributed by atoms with Crippen LogP contribution in [0.15, 0.2) is 30.6 Å². The standard InChI is InChI=1S/C20H28N4O3/c1-15-13-22-23(14-15)10-5-9-21-20(25)24-11-4-6-18(24)17-8-7-16(26-2)12-19(17)27-3/h7-8,12-14,18H,4-6,9-11H2,1-3H3,(H,21,25). The molecule has 2 amide bonds. The van der Waals surface area contributed by atoms with Crippen molar-refractivity contribution in [2.75, 3.05) is 27.3 Å². The van der Waals surface area contributed by atoms with Crippen LogP contribution in [0, 0.1) is 6.92 Å². The molecule has 0 bridgehead atoms. The van der Waals surface area contributed by atoms with Gasteiger partial charge in [-0.05, 0) is 43.9 Å². The fraction of sp³-hybridized carbons (Fsp3) is 0.500. The second-order valence-corrected chi connectivity index (χ2v) is 6.83. The predicted octanol–water partition coefficient (Wildman–Crippen LogP) is 3.15. The summed E-state index contributed by atoms with van der Waals surface area (Å²) in [7, 11) is 3.28. The summed E-state index contributed by atoms with van der Waals surface area (Å²) < 4.78 is 12.7. The van der Waals surface area contributed by atoms with Gasteiger partial charge in [0.15, 0.2) is 0 Å². The maximum Gasteiger partial charge on any atom is 0.317 e. The minimum atomic E-state index is -0.0213. The molecule has 1 unspecified atom stereocenters. The maximum atomic E-state index is 12.7. The van der Waals surface area contributed by atoms with Gasteiger partial charge >= 0.3 is 6.03 Å². The summed E-state index contributed by atoms with van der Waals surface area (Å²) >= 11 is 0. The van der Waals surface area contributed by atoms with E-state index in [1.807, 2.05) is 47.1 Å². The molecule has 1 fully saturated rings. The van der Waals surface area contributed by atoms with Gasteiger partial charge < -0.3 is 19.7 Å². The van der Waals surface area contributed by atoms with E-state index in [2.05, 4.69) is 10.4 Å². The Labute approximate surface area is 160 Å². The summed E-state index contributed by atoms with van der Waals surface area (Å²) in [5.41, 5.74) is 2.17. The fourth-order valence-electron chi connectivity index (χ4n) is 3.55. The molecule has 27 heavy (non-hydrogen) atoms. The smallest absolute Gasteiger partial charge is 0.317 e. The molecule has 1 aliphatic rings. The maximum absolute atomic E-state index is 12.7. The topological polar surface area (TPSA) is 68.6 Å². The van der Waals surface area contributed by atoms with Gasteiger partial charge in [0.1, 0.15) is 11.5 Å². The normalized spacial score (nSPS) is 16.4. The van der Waals surface area contributed by atoms with E-state index in [4.69, 9.17) is 9.47 Å². The van der Waals surface area contributed by atoms with Crippen LogP contribution >= 0.6 is 0 Å². The first-order valence-electron chi connectivity index (χ1n) is 9.38. The summed E-state index contributed by atoms with van der Waals surface area (Å²) in [5.74, 6) is 1.51. The molecule has 1 aliphatic heterocycles. The van der Waals surface area contributed by atoms with Crippen LogP contribution in [-0.2, 0) is 6.54 Å². The van der Waals surface area contributed by atoms with Crippen molar-refractivity contribution < 1.29 is 14.3 Å². The molecule has 3 rings (SSSR count). The van der Waals surface area contributed by atoms with Gasteiger partial charge in [-0.2, -0.15) is 5.10 Å². The third-order valence-electron chi connectivity index (χ3n) is 4.92. The molecule has 1 N–H and O–H groups in total. The molecule has 1 atom stereocenters. The minimum absolute atomic E-state index is 0.0213. The number of carbonyl (C=O) groups excluding carboxylic acids is 1. The zero-order valence-corrected chi connectivity index (χ0v) is 16.3. The first-order chi connectivity index (χ1) is 13.1. The van der Waals surface area contributed by atoms with Crippen molar-refractivity contribution in [2.45, 2.75) is 38.8 Å². The number of likely N-dealkylation sites (tertiary alicyclic amines) is 1. The monoisotopic (exact) mass is 372 g/mol. The summed E-state index contributed by atoms with van der Waals surface area (Å²) in [5, 5.41) is 7.31. The fourth-order valence-corrected chi connectivity index (χ4v) is 3.55. The van der Waals surface area contributed by atoms with Crippen LogP contribution in [0.2, 0.25) is 0 Å². The van der Waals surface area contributed by atoms with Gasteiger partial charge in [0.25, 0.3) is 0 Å². The molecule has 2 heterocycles. The molecule has 1 aromatic heterocycles. The van der Waals surface area contributed by atoms with E-state index in [1.165, 1.54) is 0 Å². The number of rotatable bonds is 7. The molecule has 1 saturated heterocycles. The van der Waals surface area contributed by atoms with Crippen LogP contribution in [0.5, 0.6) is 11.5 Å². The van der Waals surface area contributed by atoms with E-state index in [9.17, 15) is 4.79 Å². The number of methoxy groups -OCH3 is 2. The van der Waals surface area contributed by atoms with Crippen LogP contribution in [0.4, 0.5) is 4.79 Å². The molecule has 0 spiro atoms. The molecule has 7 nitrogen and oxygen atoms in total. The van der Waals surface area contributed by atoms with E-state index in [0.717, 1.165) is 55.0 Å². The Balaban J connectivity index is 1.58. The van der Waals surface area contributed by atoms with E-state index in [0.29, 0.717) is 6.54 Å². The highest BCUT2D eigenvalue weighted by Crippen LogP contribution is 2.38. The highest BCUT2D eigenvalue weighted by Gasteiger charge is 2.31. The van der Waals surface area contributed by atoms with Gasteiger partial charge in [-0.25, -0.2) is 4.79 Å². The average Bonchev–Trinajstić information content (AvgIpc) is 3.33. The Morgan fingerprint density at radius 3 is 2.89 bits per heavy atom. The predicted molar refractivity (Wildman–Crippen MR) is 103 cm³/mol. The second kappa shape index (κ2) is 8.79. The lowest BCUT2D eigenvalue weighted by Gasteiger charge is -2.26. The van der Waals surface area contributed by atoms with Crippen LogP contribution in [-0.4, -0.2) is 48.0 Å². The Bertz CT molecular complexity index is 774. The molecule has 7 heteroatoms. The molecule has 1 aromatic carbocycles. The number of ether oxygens (including phenoxy) is 2. The van der Waals surface area contributed by atoms with Gasteiger partial charge in [0.2, 0.25) is 0 Å². The Morgan fingerprint density at radius 1 is 1.33 bits per heavy atom. The first-order valence-corrected chi connectivity index (χ1v) is 9.38. The van der Waals surface area contributed by atoms with Crippen molar-refractivity contribution in [2.24, 2.45) is 0 Å². The van der Waals surface area contributed by atoms with Crippen molar-refractivity contribution in [1.29, 1.82) is 0 Å². The van der Waals surface area contributed by atoms with Gasteiger partial charge in [-0.3, -0.25) is 4.68 Å². The molecule has 0 saturated carbocycles. The number of aryl methyl sites for hydroxylation is 2. The molecule has 0 radical (unpaired) electrons. The number of aromatic nitrogens is 2. The number of hydrogen-bond acceptors (Lipinski definition) is 4. The van der Waals surface area contributed by atoms with Crippen molar-refractivity contribution in [3.05, 3.63) is 41.7 Å². The minimum Gasteiger partial charge on any atom is -0.497 e. The number of hydrogen-bond donors (Lipinski definition) is 1. The van der Waals surface area contributed by atoms with E-state index < -0.39 is 0 Å². The number of benzene rings is 1. The zero-order chi connectivity index (χ0) is 19.2. The van der Waals surface area contributed by atoms with Crippen molar-refractivity contribution >= 4 is 6.03 Å². The number of carbonyl (C=O) groups is 1. The summed E-state index contributed by atoms with van der Waals surface area (Å²) in [6.45, 7) is 4.20. The lowest BCUT2D eigenvalue weighted by Crippen LogP contribution is -2.40. The number of nitrogens with one attached hydrogen (secondary N) is 1. The van der Waals surface area contributed by atoms with E-state index in [-0.39, 0.29) is 12.1 Å². The van der Waals surface area contributed by atoms with Crippen LogP contribution < -0.4 is 14.8 Å². The zero-order valence-electron chi connectivity index (χ0n) is 16.3. The summed E-state index contributed by atoms with van der Waals surface area (Å²) in [4.78, 5) is 14.6. The SMILES string of the molecule is COc1ccc(C2CCCN2C(=O)NCCCn2cc(C)cn2)c(OC)c1. The van der Waals surface area contributed by atoms with Gasteiger partial charge in [0.05, 0.1) is 26.5 Å². The lowest BCUT2D eigenvalue weighted by molar-refractivity contribution is 0.192. The van der Waals surface area contributed by atoms with Gasteiger partial charge in [-0.1, -0.05) is 0 Å². The van der Waals surface area contributed by atoms with Crippen molar-refractivity contribution in [3.8, 4) is 11.5 Å². The van der Waals surface area contributed by atoms with Crippen LogP contribution in [0.25, 0.3) is 0 Å². The van der Waals surface area contributed by atoms with Crippen molar-refractivity contribution in [3.63, 3.8) is 0 Å². The Kier molecular flexibility index (Phi) is 6.21. The highest BCUT2D eigenvalue weighted by atomic mass is 16.5.